The van der Waals surface area contributed by atoms with Crippen LogP contribution in [0.1, 0.15) is 31.2 Å². The SMILES string of the molecule is NC(=O)CC(NC(=O)C(CC(=O)O)NC(=O)C1CCCN1)C(=O)NC(Cc1c[nH]c2ccccc12)C(=O)O. The molecule has 1 aliphatic heterocycles. The predicted molar refractivity (Wildman–Crippen MR) is 133 cm³/mol. The number of rotatable bonds is 13. The van der Waals surface area contributed by atoms with E-state index in [0.29, 0.717) is 18.5 Å². The largest absolute Gasteiger partial charge is 0.481 e. The fourth-order valence-electron chi connectivity index (χ4n) is 4.24. The molecule has 3 rings (SSSR count). The zero-order valence-corrected chi connectivity index (χ0v) is 20.4. The van der Waals surface area contributed by atoms with Crippen LogP contribution in [-0.2, 0) is 35.2 Å². The van der Waals surface area contributed by atoms with E-state index in [9.17, 15) is 39.0 Å². The molecule has 1 aromatic carbocycles. The van der Waals surface area contributed by atoms with Crippen molar-refractivity contribution >= 4 is 46.5 Å². The summed E-state index contributed by atoms with van der Waals surface area (Å²) in [4.78, 5) is 76.2. The number of aromatic amines is 1. The molecule has 38 heavy (non-hydrogen) atoms. The third-order valence-electron chi connectivity index (χ3n) is 6.14. The highest BCUT2D eigenvalue weighted by atomic mass is 16.4. The van der Waals surface area contributed by atoms with E-state index >= 15 is 0 Å². The second-order valence-electron chi connectivity index (χ2n) is 9.00. The third-order valence-corrected chi connectivity index (χ3v) is 6.14. The summed E-state index contributed by atoms with van der Waals surface area (Å²) in [5, 5.41) is 29.5. The Kier molecular flexibility index (Phi) is 9.38. The molecule has 1 aromatic heterocycles. The summed E-state index contributed by atoms with van der Waals surface area (Å²) in [5.74, 6) is -6.34. The van der Waals surface area contributed by atoms with Gasteiger partial charge in [0.25, 0.3) is 0 Å². The Hall–Kier alpha value is -4.46. The molecule has 0 bridgehead atoms. The molecular formula is C24H30N6O8. The monoisotopic (exact) mass is 530 g/mol. The van der Waals surface area contributed by atoms with Gasteiger partial charge in [0, 0.05) is 23.5 Å². The van der Waals surface area contributed by atoms with Gasteiger partial charge in [-0.15, -0.1) is 0 Å². The normalized spacial score (nSPS) is 17.2. The van der Waals surface area contributed by atoms with E-state index in [-0.39, 0.29) is 6.42 Å². The molecule has 0 spiro atoms. The lowest BCUT2D eigenvalue weighted by Gasteiger charge is -2.24. The van der Waals surface area contributed by atoms with Crippen molar-refractivity contribution in [1.29, 1.82) is 0 Å². The number of fused-ring (bicyclic) bond motifs is 1. The van der Waals surface area contributed by atoms with Crippen LogP contribution in [0.2, 0.25) is 0 Å². The lowest BCUT2D eigenvalue weighted by molar-refractivity contribution is -0.143. The van der Waals surface area contributed by atoms with Gasteiger partial charge in [-0.2, -0.15) is 0 Å². The Bertz CT molecular complexity index is 1220. The molecule has 4 atom stereocenters. The van der Waals surface area contributed by atoms with Crippen molar-refractivity contribution in [3.63, 3.8) is 0 Å². The van der Waals surface area contributed by atoms with E-state index in [1.54, 1.807) is 30.5 Å². The lowest BCUT2D eigenvalue weighted by Crippen LogP contribution is -2.58. The fraction of sp³-hybridized carbons (Fsp3) is 0.417. The Morgan fingerprint density at radius 2 is 1.61 bits per heavy atom. The van der Waals surface area contributed by atoms with Gasteiger partial charge >= 0.3 is 11.9 Å². The summed E-state index contributed by atoms with van der Waals surface area (Å²) >= 11 is 0. The fourth-order valence-corrected chi connectivity index (χ4v) is 4.24. The predicted octanol–water partition coefficient (Wildman–Crippen LogP) is -1.65. The minimum Gasteiger partial charge on any atom is -0.481 e. The summed E-state index contributed by atoms with van der Waals surface area (Å²) in [5.41, 5.74) is 6.62. The number of aliphatic carboxylic acids is 2. The van der Waals surface area contributed by atoms with Crippen molar-refractivity contribution in [2.45, 2.75) is 56.3 Å². The number of para-hydroxylation sites is 1. The number of carboxylic acids is 2. The summed E-state index contributed by atoms with van der Waals surface area (Å²) in [7, 11) is 0. The van der Waals surface area contributed by atoms with E-state index in [1.165, 1.54) is 0 Å². The van der Waals surface area contributed by atoms with Crippen LogP contribution in [0, 0.1) is 0 Å². The summed E-state index contributed by atoms with van der Waals surface area (Å²) in [6.07, 6.45) is 1.29. The van der Waals surface area contributed by atoms with Crippen molar-refractivity contribution in [3.05, 3.63) is 36.0 Å². The molecular weight excluding hydrogens is 500 g/mol. The third kappa shape index (κ3) is 7.52. The molecule has 4 amide bonds. The Morgan fingerprint density at radius 1 is 0.947 bits per heavy atom. The van der Waals surface area contributed by atoms with Crippen LogP contribution in [-0.4, -0.2) is 81.5 Å². The number of carbonyl (C=O) groups is 6. The smallest absolute Gasteiger partial charge is 0.326 e. The van der Waals surface area contributed by atoms with Crippen molar-refractivity contribution < 1.29 is 39.0 Å². The first-order chi connectivity index (χ1) is 18.0. The molecule has 2 heterocycles. The Morgan fingerprint density at radius 3 is 2.21 bits per heavy atom. The molecule has 0 radical (unpaired) electrons. The highest BCUT2D eigenvalue weighted by Gasteiger charge is 2.33. The van der Waals surface area contributed by atoms with Gasteiger partial charge in [-0.05, 0) is 31.0 Å². The number of aromatic nitrogens is 1. The zero-order chi connectivity index (χ0) is 27.8. The van der Waals surface area contributed by atoms with Crippen LogP contribution >= 0.6 is 0 Å². The quantitative estimate of drug-likeness (QED) is 0.148. The summed E-state index contributed by atoms with van der Waals surface area (Å²) < 4.78 is 0. The van der Waals surface area contributed by atoms with E-state index < -0.39 is 72.6 Å². The molecule has 0 aliphatic carbocycles. The average molecular weight is 531 g/mol. The zero-order valence-electron chi connectivity index (χ0n) is 20.4. The number of nitrogens with two attached hydrogens (primary N) is 1. The maximum Gasteiger partial charge on any atom is 0.326 e. The number of amides is 4. The molecule has 4 unspecified atom stereocenters. The minimum absolute atomic E-state index is 0.103. The number of nitrogens with one attached hydrogen (secondary N) is 5. The maximum absolute atomic E-state index is 13.0. The first-order valence-corrected chi connectivity index (χ1v) is 12.0. The van der Waals surface area contributed by atoms with Crippen LogP contribution in [0.15, 0.2) is 30.5 Å². The molecule has 204 valence electrons. The Balaban J connectivity index is 1.72. The number of H-pyrrole nitrogens is 1. The minimum atomic E-state index is -1.61. The van der Waals surface area contributed by atoms with Crippen molar-refractivity contribution in [2.24, 2.45) is 5.73 Å². The van der Waals surface area contributed by atoms with E-state index in [1.807, 2.05) is 0 Å². The van der Waals surface area contributed by atoms with Gasteiger partial charge in [-0.3, -0.25) is 24.0 Å². The molecule has 9 N–H and O–H groups in total. The molecule has 14 nitrogen and oxygen atoms in total. The first kappa shape index (κ1) is 28.1. The van der Waals surface area contributed by atoms with E-state index in [4.69, 9.17) is 5.73 Å². The van der Waals surface area contributed by atoms with Crippen LogP contribution in [0.3, 0.4) is 0 Å². The highest BCUT2D eigenvalue weighted by molar-refractivity contribution is 5.97. The van der Waals surface area contributed by atoms with Gasteiger partial charge in [0.05, 0.1) is 18.9 Å². The van der Waals surface area contributed by atoms with Gasteiger partial charge < -0.3 is 42.2 Å². The molecule has 0 saturated carbocycles. The van der Waals surface area contributed by atoms with Crippen LogP contribution in [0.25, 0.3) is 10.9 Å². The van der Waals surface area contributed by atoms with Crippen molar-refractivity contribution in [1.82, 2.24) is 26.3 Å². The number of benzene rings is 1. The number of carbonyl (C=O) groups excluding carboxylic acids is 4. The number of primary amides is 1. The number of hydrogen-bond donors (Lipinski definition) is 8. The lowest BCUT2D eigenvalue weighted by atomic mass is 10.0. The number of hydrogen-bond acceptors (Lipinski definition) is 7. The molecule has 1 fully saturated rings. The van der Waals surface area contributed by atoms with E-state index in [2.05, 4.69) is 26.3 Å². The molecule has 1 saturated heterocycles. The van der Waals surface area contributed by atoms with Gasteiger partial charge in [0.1, 0.15) is 18.1 Å². The second kappa shape index (κ2) is 12.7. The second-order valence-corrected chi connectivity index (χ2v) is 9.00. The Labute approximate surface area is 216 Å². The maximum atomic E-state index is 13.0. The van der Waals surface area contributed by atoms with E-state index in [0.717, 1.165) is 17.3 Å². The molecule has 14 heteroatoms. The molecule has 1 aliphatic rings. The van der Waals surface area contributed by atoms with Gasteiger partial charge in [0.15, 0.2) is 0 Å². The topological polar surface area (TPSA) is 233 Å². The summed E-state index contributed by atoms with van der Waals surface area (Å²) in [6, 6.07) is 2.01. The summed E-state index contributed by atoms with van der Waals surface area (Å²) in [6.45, 7) is 0.595. The van der Waals surface area contributed by atoms with Gasteiger partial charge in [0.2, 0.25) is 23.6 Å². The van der Waals surface area contributed by atoms with Crippen LogP contribution < -0.4 is 27.0 Å². The standard InChI is InChI=1S/C24H30N6O8/c25-19(31)9-16(28-23(36)17(10-20(32)33)29-21(34)15-6-3-7-26-15)22(35)30-18(24(37)38)8-12-11-27-14-5-2-1-4-13(12)14/h1-2,4-5,11,15-18,26-27H,3,6-10H2,(H2,25,31)(H,28,36)(H,29,34)(H,30,35)(H,32,33)(H,37,38). The van der Waals surface area contributed by atoms with Crippen LogP contribution in [0.5, 0.6) is 0 Å². The van der Waals surface area contributed by atoms with Gasteiger partial charge in [-0.1, -0.05) is 18.2 Å². The first-order valence-electron chi connectivity index (χ1n) is 12.0. The van der Waals surface area contributed by atoms with Gasteiger partial charge in [-0.25, -0.2) is 4.79 Å². The van der Waals surface area contributed by atoms with Crippen LogP contribution in [0.4, 0.5) is 0 Å². The highest BCUT2D eigenvalue weighted by Crippen LogP contribution is 2.19. The van der Waals surface area contributed by atoms with Crippen molar-refractivity contribution in [2.75, 3.05) is 6.54 Å². The molecule has 2 aromatic rings. The van der Waals surface area contributed by atoms with Crippen molar-refractivity contribution in [3.8, 4) is 0 Å². The number of carboxylic acid groups (broad SMARTS) is 2. The average Bonchev–Trinajstić information content (AvgIpc) is 3.53.